The van der Waals surface area contributed by atoms with Crippen molar-refractivity contribution < 1.29 is 0 Å². The van der Waals surface area contributed by atoms with Gasteiger partial charge in [-0.2, -0.15) is 0 Å². The van der Waals surface area contributed by atoms with Crippen molar-refractivity contribution >= 4 is 10.8 Å². The molecule has 0 spiro atoms. The molecule has 0 unspecified atom stereocenters. The van der Waals surface area contributed by atoms with E-state index in [9.17, 15) is 0 Å². The SMILES string of the molecule is C.CC.CC.CC.CC.CC.CC.CCCCC(C)C.CCCc1ccccc1.c1ccc2ccccc2c1. The second-order valence-electron chi connectivity index (χ2n) is 7.12. The predicted molar refractivity (Wildman–Crippen MR) is 194 cm³/mol. The first-order chi connectivity index (χ1) is 18.7. The van der Waals surface area contributed by atoms with Crippen LogP contribution in [0.4, 0.5) is 0 Å². The zero-order valence-corrected chi connectivity index (χ0v) is 29.1. The summed E-state index contributed by atoms with van der Waals surface area (Å²) < 4.78 is 0. The minimum Gasteiger partial charge on any atom is -0.0776 e. The van der Waals surface area contributed by atoms with Crippen molar-refractivity contribution in [2.75, 3.05) is 0 Å². The zero-order chi connectivity index (χ0) is 31.0. The fraction of sp³-hybridized carbons (Fsp3) is 0.590. The first kappa shape index (κ1) is 53.2. The lowest BCUT2D eigenvalue weighted by Crippen LogP contribution is -1.83. The molecule has 0 nitrogen and oxygen atoms in total. The highest BCUT2D eigenvalue weighted by atomic mass is 13.9. The number of benzene rings is 3. The van der Waals surface area contributed by atoms with Crippen LogP contribution in [0, 0.1) is 5.92 Å². The minimum atomic E-state index is 0. The molecule has 3 aromatic carbocycles. The van der Waals surface area contributed by atoms with Gasteiger partial charge in [0.1, 0.15) is 0 Å². The number of rotatable bonds is 5. The van der Waals surface area contributed by atoms with Gasteiger partial charge in [-0.25, -0.2) is 0 Å². The number of aryl methyl sites for hydroxylation is 1. The maximum Gasteiger partial charge on any atom is -0.0184 e. The lowest BCUT2D eigenvalue weighted by molar-refractivity contribution is 0.550. The van der Waals surface area contributed by atoms with Crippen LogP contribution in [0.25, 0.3) is 10.8 Å². The van der Waals surface area contributed by atoms with Gasteiger partial charge in [0.25, 0.3) is 0 Å². The van der Waals surface area contributed by atoms with E-state index in [2.05, 4.69) is 107 Å². The second kappa shape index (κ2) is 56.2. The van der Waals surface area contributed by atoms with Gasteiger partial charge in [-0.3, -0.25) is 0 Å². The van der Waals surface area contributed by atoms with Crippen molar-refractivity contribution in [2.24, 2.45) is 5.92 Å². The van der Waals surface area contributed by atoms with Crippen molar-refractivity contribution in [3.05, 3.63) is 84.4 Å². The summed E-state index contributed by atoms with van der Waals surface area (Å²) in [4.78, 5) is 0. The molecule has 3 aromatic rings. The van der Waals surface area contributed by atoms with Gasteiger partial charge in [-0.1, -0.05) is 223 Å². The Bertz CT molecular complexity index is 617. The van der Waals surface area contributed by atoms with Crippen LogP contribution in [0.2, 0.25) is 0 Å². The van der Waals surface area contributed by atoms with E-state index < -0.39 is 0 Å². The minimum absolute atomic E-state index is 0. The van der Waals surface area contributed by atoms with Gasteiger partial charge >= 0.3 is 0 Å². The van der Waals surface area contributed by atoms with E-state index in [4.69, 9.17) is 0 Å². The fourth-order valence-corrected chi connectivity index (χ4v) is 2.68. The van der Waals surface area contributed by atoms with Crippen LogP contribution in [0.1, 0.15) is 149 Å². The molecule has 0 amide bonds. The maximum absolute atomic E-state index is 2.27. The third kappa shape index (κ3) is 43.2. The molecule has 0 heterocycles. The summed E-state index contributed by atoms with van der Waals surface area (Å²) in [6, 6.07) is 27.3. The first-order valence-corrected chi connectivity index (χ1v) is 16.1. The highest BCUT2D eigenvalue weighted by molar-refractivity contribution is 5.81. The molecule has 0 heteroatoms. The van der Waals surface area contributed by atoms with E-state index in [1.54, 1.807) is 0 Å². The molecular formula is C39H76. The van der Waals surface area contributed by atoms with E-state index in [1.165, 1.54) is 48.4 Å². The standard InChI is InChI=1S/C10H8.C9H12.C7H16.6C2H6.CH4/c1-2-6-10-8-4-3-7-9(10)5-1;1-2-6-9-7-4-3-5-8-9;1-4-5-6-7(2)3;6*1-2;/h1-8H;3-5,7-8H,2,6H2,1H3;7H,4-6H2,1-3H3;6*1-2H3;1H4. The fourth-order valence-electron chi connectivity index (χ4n) is 2.68. The van der Waals surface area contributed by atoms with Gasteiger partial charge in [-0.15, -0.1) is 0 Å². The molecule has 0 aliphatic rings. The number of unbranched alkanes of at least 4 members (excludes halogenated alkanes) is 1. The molecule has 3 rings (SSSR count). The Kier molecular flexibility index (Phi) is 76.7. The molecule has 0 N–H and O–H groups in total. The van der Waals surface area contributed by atoms with E-state index in [1.807, 2.05) is 83.1 Å². The van der Waals surface area contributed by atoms with Crippen LogP contribution in [0.3, 0.4) is 0 Å². The van der Waals surface area contributed by atoms with Crippen LogP contribution >= 0.6 is 0 Å². The Labute approximate surface area is 251 Å². The Hall–Kier alpha value is -2.08. The molecule has 0 radical (unpaired) electrons. The van der Waals surface area contributed by atoms with Crippen LogP contribution in [0.15, 0.2) is 78.9 Å². The average Bonchev–Trinajstić information content (AvgIpc) is 3.03. The molecule has 0 bridgehead atoms. The van der Waals surface area contributed by atoms with E-state index in [0.29, 0.717) is 0 Å². The third-order valence-electron chi connectivity index (χ3n) is 4.18. The Morgan fingerprint density at radius 1 is 0.462 bits per heavy atom. The van der Waals surface area contributed by atoms with E-state index >= 15 is 0 Å². The quantitative estimate of drug-likeness (QED) is 0.299. The third-order valence-corrected chi connectivity index (χ3v) is 4.18. The van der Waals surface area contributed by atoms with Gasteiger partial charge in [0.15, 0.2) is 0 Å². The molecule has 39 heavy (non-hydrogen) atoms. The first-order valence-electron chi connectivity index (χ1n) is 16.1. The molecule has 0 saturated heterocycles. The lowest BCUT2D eigenvalue weighted by atomic mass is 10.1. The number of hydrogen-bond acceptors (Lipinski definition) is 0. The summed E-state index contributed by atoms with van der Waals surface area (Å²) in [5.74, 6) is 0.903. The average molecular weight is 545 g/mol. The van der Waals surface area contributed by atoms with Crippen molar-refractivity contribution in [1.29, 1.82) is 0 Å². The number of hydrogen-bond donors (Lipinski definition) is 0. The normalized spacial score (nSPS) is 7.51. The van der Waals surface area contributed by atoms with Crippen molar-refractivity contribution in [2.45, 2.75) is 150 Å². The zero-order valence-electron chi connectivity index (χ0n) is 29.1. The number of fused-ring (bicyclic) bond motifs is 1. The van der Waals surface area contributed by atoms with E-state index in [0.717, 1.165) is 5.92 Å². The van der Waals surface area contributed by atoms with Crippen molar-refractivity contribution in [1.82, 2.24) is 0 Å². The molecule has 0 atom stereocenters. The van der Waals surface area contributed by atoms with Crippen LogP contribution in [-0.2, 0) is 6.42 Å². The molecular weight excluding hydrogens is 468 g/mol. The lowest BCUT2D eigenvalue weighted by Gasteiger charge is -1.98. The Balaban J connectivity index is -0.0000000659. The highest BCUT2D eigenvalue weighted by Crippen LogP contribution is 2.11. The summed E-state index contributed by atoms with van der Waals surface area (Å²) in [5.41, 5.74) is 1.44. The highest BCUT2D eigenvalue weighted by Gasteiger charge is 1.89. The monoisotopic (exact) mass is 545 g/mol. The second-order valence-corrected chi connectivity index (χ2v) is 7.12. The summed E-state index contributed by atoms with van der Waals surface area (Å²) in [6.07, 6.45) is 6.59. The Morgan fingerprint density at radius 2 is 0.769 bits per heavy atom. The maximum atomic E-state index is 2.27. The summed E-state index contributed by atoms with van der Waals surface area (Å²) >= 11 is 0. The molecule has 0 aromatic heterocycles. The van der Waals surface area contributed by atoms with Crippen molar-refractivity contribution in [3.8, 4) is 0 Å². The molecule has 0 aliphatic heterocycles. The summed E-state index contributed by atoms with van der Waals surface area (Å²) in [5, 5.41) is 2.62. The van der Waals surface area contributed by atoms with Gasteiger partial charge < -0.3 is 0 Å². The van der Waals surface area contributed by atoms with Crippen molar-refractivity contribution in [3.63, 3.8) is 0 Å². The predicted octanol–water partition coefficient (Wildman–Crippen LogP) is 15.1. The van der Waals surface area contributed by atoms with Crippen LogP contribution < -0.4 is 0 Å². The van der Waals surface area contributed by atoms with E-state index in [-0.39, 0.29) is 7.43 Å². The largest absolute Gasteiger partial charge is 0.0776 e. The smallest absolute Gasteiger partial charge is 0.0184 e. The molecule has 0 saturated carbocycles. The summed E-state index contributed by atoms with van der Waals surface area (Å²) in [7, 11) is 0. The molecule has 0 fully saturated rings. The van der Waals surface area contributed by atoms with Crippen LogP contribution in [0.5, 0.6) is 0 Å². The summed E-state index contributed by atoms with van der Waals surface area (Å²) in [6.45, 7) is 33.0. The molecule has 0 aliphatic carbocycles. The van der Waals surface area contributed by atoms with Gasteiger partial charge in [0.2, 0.25) is 0 Å². The topological polar surface area (TPSA) is 0 Å². The van der Waals surface area contributed by atoms with Crippen LogP contribution in [-0.4, -0.2) is 0 Å². The van der Waals surface area contributed by atoms with Gasteiger partial charge in [0.05, 0.1) is 0 Å². The Morgan fingerprint density at radius 3 is 1.00 bits per heavy atom. The van der Waals surface area contributed by atoms with Gasteiger partial charge in [-0.05, 0) is 28.7 Å². The van der Waals surface area contributed by atoms with Gasteiger partial charge in [0, 0.05) is 0 Å². The molecule has 232 valence electrons.